The van der Waals surface area contributed by atoms with Crippen LogP contribution < -0.4 is 0 Å². The molecule has 0 bridgehead atoms. The van der Waals surface area contributed by atoms with Crippen molar-refractivity contribution in [2.45, 2.75) is 39.2 Å². The summed E-state index contributed by atoms with van der Waals surface area (Å²) in [5.41, 5.74) is 0. The van der Waals surface area contributed by atoms with Crippen LogP contribution in [0.3, 0.4) is 0 Å². The largest absolute Gasteiger partial charge is 0.372 e. The van der Waals surface area contributed by atoms with Crippen LogP contribution in [0.25, 0.3) is 0 Å². The molecule has 0 amide bonds. The molecular weight excluding hydrogens is 188 g/mol. The molecule has 2 heteroatoms. The van der Waals surface area contributed by atoms with Crippen molar-refractivity contribution < 1.29 is 9.47 Å². The molecule has 0 saturated carbocycles. The van der Waals surface area contributed by atoms with Crippen LogP contribution in [-0.2, 0) is 9.47 Å². The van der Waals surface area contributed by atoms with Crippen molar-refractivity contribution in [1.29, 1.82) is 0 Å². The molecule has 0 aromatic heterocycles. The summed E-state index contributed by atoms with van der Waals surface area (Å²) in [4.78, 5) is 0. The lowest BCUT2D eigenvalue weighted by Gasteiger charge is -2.04. The van der Waals surface area contributed by atoms with Gasteiger partial charge in [-0.2, -0.15) is 0 Å². The Morgan fingerprint density at radius 2 is 2.00 bits per heavy atom. The number of rotatable bonds is 7. The number of methoxy groups -OCH3 is 1. The Morgan fingerprint density at radius 3 is 2.67 bits per heavy atom. The average Bonchev–Trinajstić information content (AvgIpc) is 2.24. The number of hydrogen-bond acceptors (Lipinski definition) is 2. The number of ether oxygens (including phenoxy) is 2. The highest BCUT2D eigenvalue weighted by atomic mass is 16.5. The predicted molar refractivity (Wildman–Crippen MR) is 63.7 cm³/mol. The van der Waals surface area contributed by atoms with Crippen LogP contribution >= 0.6 is 0 Å². The zero-order valence-electron chi connectivity index (χ0n) is 10.1. The fourth-order valence-corrected chi connectivity index (χ4v) is 1.01. The predicted octanol–water partition coefficient (Wildman–Crippen LogP) is 2.79. The van der Waals surface area contributed by atoms with Gasteiger partial charge in [0.1, 0.15) is 13.2 Å². The van der Waals surface area contributed by atoms with Gasteiger partial charge in [0.15, 0.2) is 0 Å². The molecule has 0 aliphatic carbocycles. The van der Waals surface area contributed by atoms with E-state index in [1.165, 1.54) is 12.8 Å². The number of allylic oxidation sites excluding steroid dienone is 1. The van der Waals surface area contributed by atoms with Crippen LogP contribution in [0.4, 0.5) is 0 Å². The van der Waals surface area contributed by atoms with Crippen molar-refractivity contribution in [3.8, 4) is 11.8 Å². The van der Waals surface area contributed by atoms with E-state index in [4.69, 9.17) is 9.47 Å². The van der Waals surface area contributed by atoms with Crippen molar-refractivity contribution in [2.24, 2.45) is 0 Å². The van der Waals surface area contributed by atoms with Gasteiger partial charge in [-0.05, 0) is 13.3 Å². The summed E-state index contributed by atoms with van der Waals surface area (Å²) in [5.74, 6) is 5.73. The Labute approximate surface area is 93.7 Å². The van der Waals surface area contributed by atoms with Gasteiger partial charge < -0.3 is 9.47 Å². The molecule has 1 atom stereocenters. The maximum absolute atomic E-state index is 5.45. The summed E-state index contributed by atoms with van der Waals surface area (Å²) in [6.07, 6.45) is 8.04. The van der Waals surface area contributed by atoms with Gasteiger partial charge in [-0.25, -0.2) is 0 Å². The summed E-state index contributed by atoms with van der Waals surface area (Å²) in [5, 5.41) is 0. The lowest BCUT2D eigenvalue weighted by atomic mass is 10.2. The summed E-state index contributed by atoms with van der Waals surface area (Å²) in [6, 6.07) is 0. The van der Waals surface area contributed by atoms with E-state index in [0.29, 0.717) is 13.2 Å². The van der Waals surface area contributed by atoms with Gasteiger partial charge in [-0.15, -0.1) is 0 Å². The zero-order chi connectivity index (χ0) is 11.4. The summed E-state index contributed by atoms with van der Waals surface area (Å²) >= 11 is 0. The maximum atomic E-state index is 5.45. The van der Waals surface area contributed by atoms with Gasteiger partial charge in [0.05, 0.1) is 6.10 Å². The van der Waals surface area contributed by atoms with Crippen LogP contribution in [0.2, 0.25) is 0 Å². The van der Waals surface area contributed by atoms with E-state index in [1.54, 1.807) is 7.11 Å². The van der Waals surface area contributed by atoms with Gasteiger partial charge in [-0.3, -0.25) is 0 Å². The summed E-state index contributed by atoms with van der Waals surface area (Å²) < 4.78 is 10.3. The van der Waals surface area contributed by atoms with Gasteiger partial charge in [0.2, 0.25) is 0 Å². The van der Waals surface area contributed by atoms with E-state index >= 15 is 0 Å². The minimum absolute atomic E-state index is 0.152. The Kier molecular flexibility index (Phi) is 10.7. The third-order valence-electron chi connectivity index (χ3n) is 1.89. The minimum atomic E-state index is 0.152. The lowest BCUT2D eigenvalue weighted by Crippen LogP contribution is -2.04. The van der Waals surface area contributed by atoms with E-state index in [0.717, 1.165) is 6.42 Å². The second-order valence-corrected chi connectivity index (χ2v) is 3.37. The highest BCUT2D eigenvalue weighted by molar-refractivity contribution is 4.99. The summed E-state index contributed by atoms with van der Waals surface area (Å²) in [7, 11) is 1.63. The second-order valence-electron chi connectivity index (χ2n) is 3.37. The molecule has 0 aromatic rings. The molecule has 15 heavy (non-hydrogen) atoms. The Hall–Kier alpha value is -0.780. The van der Waals surface area contributed by atoms with Crippen LogP contribution in [0.1, 0.15) is 33.1 Å². The molecule has 0 fully saturated rings. The molecule has 0 aliphatic rings. The van der Waals surface area contributed by atoms with E-state index in [1.807, 2.05) is 6.92 Å². The number of hydrogen-bond donors (Lipinski definition) is 0. The van der Waals surface area contributed by atoms with Gasteiger partial charge in [-0.1, -0.05) is 43.8 Å². The standard InChI is InChI=1S/C13H22O2/c1-4-5-6-7-10-13(2)15-12-9-8-11-14-3/h7,10,13H,4-6,11-12H2,1-3H3/b10-7+/t13-/m1/s1. The van der Waals surface area contributed by atoms with Crippen molar-refractivity contribution in [2.75, 3.05) is 20.3 Å². The average molecular weight is 210 g/mol. The van der Waals surface area contributed by atoms with E-state index in [2.05, 4.69) is 30.9 Å². The SMILES string of the molecule is CCCC/C=C/[C@@H](C)OCC#CCOC. The molecular formula is C13H22O2. The molecule has 0 saturated heterocycles. The smallest absolute Gasteiger partial charge is 0.108 e. The maximum Gasteiger partial charge on any atom is 0.108 e. The fraction of sp³-hybridized carbons (Fsp3) is 0.692. The molecule has 2 nitrogen and oxygen atoms in total. The first-order chi connectivity index (χ1) is 7.31. The first-order valence-corrected chi connectivity index (χ1v) is 5.54. The molecule has 0 aromatic carbocycles. The van der Waals surface area contributed by atoms with Crippen LogP contribution in [0.5, 0.6) is 0 Å². The third kappa shape index (κ3) is 11.1. The molecule has 0 unspecified atom stereocenters. The number of unbranched alkanes of at least 4 members (excludes halogenated alkanes) is 2. The first kappa shape index (κ1) is 14.2. The summed E-state index contributed by atoms with van der Waals surface area (Å²) in [6.45, 7) is 5.17. The monoisotopic (exact) mass is 210 g/mol. The van der Waals surface area contributed by atoms with Crippen molar-refractivity contribution in [1.82, 2.24) is 0 Å². The first-order valence-electron chi connectivity index (χ1n) is 5.54. The Balaban J connectivity index is 3.45. The Bertz CT molecular complexity index is 210. The molecule has 0 heterocycles. The van der Waals surface area contributed by atoms with E-state index in [-0.39, 0.29) is 6.10 Å². The van der Waals surface area contributed by atoms with Crippen LogP contribution in [0.15, 0.2) is 12.2 Å². The molecule has 0 spiro atoms. The van der Waals surface area contributed by atoms with Crippen LogP contribution in [0, 0.1) is 11.8 Å². The molecule has 0 N–H and O–H groups in total. The zero-order valence-corrected chi connectivity index (χ0v) is 10.1. The van der Waals surface area contributed by atoms with Crippen LogP contribution in [-0.4, -0.2) is 26.4 Å². The lowest BCUT2D eigenvalue weighted by molar-refractivity contribution is 0.127. The molecule has 0 aliphatic heterocycles. The highest BCUT2D eigenvalue weighted by Crippen LogP contribution is 1.98. The van der Waals surface area contributed by atoms with E-state index in [9.17, 15) is 0 Å². The minimum Gasteiger partial charge on any atom is -0.372 e. The topological polar surface area (TPSA) is 18.5 Å². The normalized spacial score (nSPS) is 12.5. The highest BCUT2D eigenvalue weighted by Gasteiger charge is 1.92. The van der Waals surface area contributed by atoms with Gasteiger partial charge in [0, 0.05) is 7.11 Å². The van der Waals surface area contributed by atoms with Crippen molar-refractivity contribution in [3.63, 3.8) is 0 Å². The van der Waals surface area contributed by atoms with E-state index < -0.39 is 0 Å². The van der Waals surface area contributed by atoms with Crippen molar-refractivity contribution >= 4 is 0 Å². The molecule has 0 rings (SSSR count). The van der Waals surface area contributed by atoms with Gasteiger partial charge in [0.25, 0.3) is 0 Å². The molecule has 0 radical (unpaired) electrons. The third-order valence-corrected chi connectivity index (χ3v) is 1.89. The quantitative estimate of drug-likeness (QED) is 0.365. The fourth-order valence-electron chi connectivity index (χ4n) is 1.01. The molecule has 86 valence electrons. The van der Waals surface area contributed by atoms with Gasteiger partial charge >= 0.3 is 0 Å². The van der Waals surface area contributed by atoms with Crippen molar-refractivity contribution in [3.05, 3.63) is 12.2 Å². The Morgan fingerprint density at radius 1 is 1.27 bits per heavy atom. The second kappa shape index (κ2) is 11.3.